The van der Waals surface area contributed by atoms with Gasteiger partial charge in [0.15, 0.2) is 0 Å². The van der Waals surface area contributed by atoms with Crippen LogP contribution >= 0.6 is 22.9 Å². The molecular weight excluding hydrogens is 412 g/mol. The van der Waals surface area contributed by atoms with E-state index in [1.54, 1.807) is 35.3 Å². The summed E-state index contributed by atoms with van der Waals surface area (Å²) in [7, 11) is 0. The molecule has 0 saturated carbocycles. The second-order valence-corrected chi connectivity index (χ2v) is 7.80. The molecule has 1 unspecified atom stereocenters. The van der Waals surface area contributed by atoms with Gasteiger partial charge in [0.05, 0.1) is 29.5 Å². The molecule has 1 amide bonds. The highest BCUT2D eigenvalue weighted by atomic mass is 35.5. The smallest absolute Gasteiger partial charge is 0.262 e. The molecule has 4 rings (SSSR count). The number of fused-ring (bicyclic) bond motifs is 1. The number of amides is 1. The molecule has 0 bridgehead atoms. The number of halogens is 1. The van der Waals surface area contributed by atoms with E-state index in [2.05, 4.69) is 9.97 Å². The minimum atomic E-state index is -0.576. The monoisotopic (exact) mass is 428 g/mol. The predicted molar refractivity (Wildman–Crippen MR) is 112 cm³/mol. The second-order valence-electron chi connectivity index (χ2n) is 6.36. The van der Waals surface area contributed by atoms with Gasteiger partial charge in [-0.3, -0.25) is 14.3 Å². The van der Waals surface area contributed by atoms with E-state index in [9.17, 15) is 9.90 Å². The van der Waals surface area contributed by atoms with Crippen LogP contribution in [0, 0.1) is 0 Å². The van der Waals surface area contributed by atoms with Gasteiger partial charge < -0.3 is 15.6 Å². The van der Waals surface area contributed by atoms with Crippen molar-refractivity contribution in [3.63, 3.8) is 0 Å². The molecule has 9 heteroatoms. The van der Waals surface area contributed by atoms with Crippen LogP contribution in [0.2, 0.25) is 5.02 Å². The van der Waals surface area contributed by atoms with Crippen molar-refractivity contribution in [3.05, 3.63) is 70.1 Å². The van der Waals surface area contributed by atoms with Crippen LogP contribution in [0.1, 0.15) is 34.0 Å². The van der Waals surface area contributed by atoms with Crippen molar-refractivity contribution < 1.29 is 14.6 Å². The van der Waals surface area contributed by atoms with E-state index in [4.69, 9.17) is 22.1 Å². The summed E-state index contributed by atoms with van der Waals surface area (Å²) in [5, 5.41) is 10.5. The number of aromatic nitrogens is 3. The molecular formula is C20H17ClN4O3S. The number of carbonyl (C=O) groups excluding carboxylic acids is 1. The molecule has 0 spiro atoms. The van der Waals surface area contributed by atoms with Gasteiger partial charge >= 0.3 is 0 Å². The number of hydrogen-bond acceptors (Lipinski definition) is 6. The van der Waals surface area contributed by atoms with Gasteiger partial charge in [-0.05, 0) is 19.1 Å². The summed E-state index contributed by atoms with van der Waals surface area (Å²) in [5.41, 5.74) is 8.35. The van der Waals surface area contributed by atoms with Crippen LogP contribution in [-0.2, 0) is 6.61 Å². The average molecular weight is 429 g/mol. The van der Waals surface area contributed by atoms with Crippen LogP contribution in [0.4, 0.5) is 0 Å². The standard InChI is InChI=1S/C20H17ClN4O3S/c1-11(13-4-2-3-5-14(13)21)28-17-7-18(29-19(17)20(22)27)25-10-24-15-6-12(9-26)23-8-16(15)25/h2-8,10-11,26H,9H2,1H3,(H2,22,27). The number of nitrogens with two attached hydrogens (primary N) is 1. The number of aliphatic hydroxyl groups is 1. The predicted octanol–water partition coefficient (Wildman–Crippen LogP) is 3.87. The Labute approximate surface area is 175 Å². The van der Waals surface area contributed by atoms with Crippen molar-refractivity contribution in [1.82, 2.24) is 14.5 Å². The first-order chi connectivity index (χ1) is 14.0. The molecule has 0 aliphatic heterocycles. The number of thiophene rings is 1. The van der Waals surface area contributed by atoms with E-state index < -0.39 is 5.91 Å². The zero-order valence-electron chi connectivity index (χ0n) is 15.4. The van der Waals surface area contributed by atoms with Gasteiger partial charge in [-0.1, -0.05) is 29.8 Å². The number of primary amides is 1. The van der Waals surface area contributed by atoms with Crippen molar-refractivity contribution in [2.45, 2.75) is 19.6 Å². The fraction of sp³-hybridized carbons (Fsp3) is 0.150. The molecule has 7 nitrogen and oxygen atoms in total. The van der Waals surface area contributed by atoms with Gasteiger partial charge in [0.1, 0.15) is 28.1 Å². The Morgan fingerprint density at radius 1 is 1.34 bits per heavy atom. The lowest BCUT2D eigenvalue weighted by molar-refractivity contribution is 0.0998. The van der Waals surface area contributed by atoms with E-state index in [1.807, 2.05) is 25.1 Å². The lowest BCUT2D eigenvalue weighted by atomic mass is 10.1. The van der Waals surface area contributed by atoms with Crippen LogP contribution in [0.25, 0.3) is 16.0 Å². The van der Waals surface area contributed by atoms with E-state index in [1.165, 1.54) is 11.3 Å². The highest BCUT2D eigenvalue weighted by Crippen LogP contribution is 2.36. The van der Waals surface area contributed by atoms with Crippen molar-refractivity contribution in [2.75, 3.05) is 0 Å². The molecule has 3 heterocycles. The minimum Gasteiger partial charge on any atom is -0.484 e. The maximum atomic E-state index is 12.0. The molecule has 0 aliphatic rings. The van der Waals surface area contributed by atoms with Crippen LogP contribution < -0.4 is 10.5 Å². The lowest BCUT2D eigenvalue weighted by Crippen LogP contribution is -2.12. The number of ether oxygens (including phenoxy) is 1. The average Bonchev–Trinajstić information content (AvgIpc) is 3.31. The topological polar surface area (TPSA) is 103 Å². The Bertz CT molecular complexity index is 1200. The summed E-state index contributed by atoms with van der Waals surface area (Å²) in [4.78, 5) is 20.9. The van der Waals surface area contributed by atoms with Gasteiger partial charge in [-0.25, -0.2) is 4.98 Å². The first-order valence-electron chi connectivity index (χ1n) is 8.76. The van der Waals surface area contributed by atoms with Crippen molar-refractivity contribution in [3.8, 4) is 10.8 Å². The molecule has 148 valence electrons. The van der Waals surface area contributed by atoms with Gasteiger partial charge in [-0.2, -0.15) is 0 Å². The fourth-order valence-corrected chi connectivity index (χ4v) is 4.23. The maximum Gasteiger partial charge on any atom is 0.262 e. The summed E-state index contributed by atoms with van der Waals surface area (Å²) in [6.45, 7) is 1.70. The van der Waals surface area contributed by atoms with Crippen LogP contribution in [0.15, 0.2) is 48.9 Å². The molecule has 0 radical (unpaired) electrons. The van der Waals surface area contributed by atoms with Crippen LogP contribution in [0.3, 0.4) is 0 Å². The Kier molecular flexibility index (Phi) is 5.23. The lowest BCUT2D eigenvalue weighted by Gasteiger charge is -2.16. The number of imidazole rings is 1. The van der Waals surface area contributed by atoms with Crippen molar-refractivity contribution in [2.24, 2.45) is 5.73 Å². The van der Waals surface area contributed by atoms with E-state index >= 15 is 0 Å². The molecule has 3 aromatic heterocycles. The number of aliphatic hydroxyl groups excluding tert-OH is 1. The van der Waals surface area contributed by atoms with E-state index in [0.29, 0.717) is 31.9 Å². The maximum absolute atomic E-state index is 12.0. The largest absolute Gasteiger partial charge is 0.484 e. The zero-order chi connectivity index (χ0) is 20.5. The summed E-state index contributed by atoms with van der Waals surface area (Å²) < 4.78 is 7.84. The van der Waals surface area contributed by atoms with Crippen LogP contribution in [0.5, 0.6) is 5.75 Å². The molecule has 3 N–H and O–H groups in total. The number of nitrogens with zero attached hydrogens (tertiary/aromatic N) is 3. The summed E-state index contributed by atoms with van der Waals surface area (Å²) in [6.07, 6.45) is 2.88. The third kappa shape index (κ3) is 3.69. The van der Waals surface area contributed by atoms with E-state index in [0.717, 1.165) is 11.1 Å². The first-order valence-corrected chi connectivity index (χ1v) is 9.95. The SMILES string of the molecule is CC(Oc1cc(-n2cnc3cc(CO)ncc32)sc1C(N)=O)c1ccccc1Cl. The fourth-order valence-electron chi connectivity index (χ4n) is 3.01. The molecule has 1 atom stereocenters. The quantitative estimate of drug-likeness (QED) is 0.485. The van der Waals surface area contributed by atoms with Crippen molar-refractivity contribution in [1.29, 1.82) is 0 Å². The summed E-state index contributed by atoms with van der Waals surface area (Å²) in [6, 6.07) is 10.8. The third-order valence-electron chi connectivity index (χ3n) is 4.45. The number of carbonyl (C=O) groups is 1. The molecule has 0 fully saturated rings. The Morgan fingerprint density at radius 2 is 2.14 bits per heavy atom. The number of rotatable bonds is 6. The molecule has 1 aromatic carbocycles. The molecule has 0 aliphatic carbocycles. The minimum absolute atomic E-state index is 0.161. The summed E-state index contributed by atoms with van der Waals surface area (Å²) in [5.74, 6) is -0.195. The molecule has 4 aromatic rings. The highest BCUT2D eigenvalue weighted by Gasteiger charge is 2.21. The van der Waals surface area contributed by atoms with Crippen LogP contribution in [-0.4, -0.2) is 25.5 Å². The van der Waals surface area contributed by atoms with Gasteiger partial charge in [0.2, 0.25) is 0 Å². The second kappa shape index (κ2) is 7.82. The first kappa shape index (κ1) is 19.4. The number of pyridine rings is 1. The third-order valence-corrected chi connectivity index (χ3v) is 5.92. The van der Waals surface area contributed by atoms with Crippen molar-refractivity contribution >= 4 is 39.9 Å². The van der Waals surface area contributed by atoms with Gasteiger partial charge in [0, 0.05) is 16.7 Å². The Hall–Kier alpha value is -2.94. The van der Waals surface area contributed by atoms with Gasteiger partial charge in [0.25, 0.3) is 5.91 Å². The van der Waals surface area contributed by atoms with E-state index in [-0.39, 0.29) is 12.7 Å². The summed E-state index contributed by atoms with van der Waals surface area (Å²) >= 11 is 7.46. The highest BCUT2D eigenvalue weighted by molar-refractivity contribution is 7.16. The number of benzene rings is 1. The van der Waals surface area contributed by atoms with Gasteiger partial charge in [-0.15, -0.1) is 11.3 Å². The Morgan fingerprint density at radius 3 is 2.86 bits per heavy atom. The number of hydrogen-bond donors (Lipinski definition) is 2. The molecule has 29 heavy (non-hydrogen) atoms. The molecule has 0 saturated heterocycles. The normalized spacial score (nSPS) is 12.2. The zero-order valence-corrected chi connectivity index (χ0v) is 16.9. The Balaban J connectivity index is 1.72.